The summed E-state index contributed by atoms with van der Waals surface area (Å²) in [6.07, 6.45) is -2.87. The van der Waals surface area contributed by atoms with E-state index in [-0.39, 0.29) is 10.0 Å². The molecule has 1 fully saturated rings. The Morgan fingerprint density at radius 1 is 1.03 bits per heavy atom. The van der Waals surface area contributed by atoms with Gasteiger partial charge < -0.3 is 4.74 Å². The van der Waals surface area contributed by atoms with Crippen molar-refractivity contribution in [3.05, 3.63) is 99.4 Å². The number of anilines is 1. The van der Waals surface area contributed by atoms with Crippen LogP contribution in [0.25, 0.3) is 6.08 Å². The number of thiocarbonyl (C=S) groups is 1. The minimum absolute atomic E-state index is 0.0794. The van der Waals surface area contributed by atoms with E-state index in [0.29, 0.717) is 27.8 Å². The second-order valence-electron chi connectivity index (χ2n) is 7.05. The van der Waals surface area contributed by atoms with E-state index in [0.717, 1.165) is 34.4 Å². The highest BCUT2D eigenvalue weighted by atomic mass is 35.5. The van der Waals surface area contributed by atoms with Gasteiger partial charge in [0, 0.05) is 5.02 Å². The molecule has 0 aliphatic carbocycles. The Morgan fingerprint density at radius 2 is 1.76 bits per heavy atom. The van der Waals surface area contributed by atoms with E-state index < -0.39 is 17.6 Å². The van der Waals surface area contributed by atoms with Crippen LogP contribution < -0.4 is 9.64 Å². The molecule has 33 heavy (non-hydrogen) atoms. The van der Waals surface area contributed by atoms with E-state index in [4.69, 9.17) is 28.6 Å². The number of halogens is 4. The van der Waals surface area contributed by atoms with Crippen molar-refractivity contribution in [1.82, 2.24) is 0 Å². The molecule has 0 aromatic heterocycles. The molecule has 0 bridgehead atoms. The predicted molar refractivity (Wildman–Crippen MR) is 129 cm³/mol. The summed E-state index contributed by atoms with van der Waals surface area (Å²) in [6, 6.07) is 19.0. The molecular weight excluding hydrogens is 491 g/mol. The molecule has 3 aromatic rings. The van der Waals surface area contributed by atoms with E-state index in [1.54, 1.807) is 42.5 Å². The lowest BCUT2D eigenvalue weighted by atomic mass is 10.1. The fraction of sp³-hybridized carbons (Fsp3) is 0.0833. The maximum Gasteiger partial charge on any atom is 0.416 e. The minimum Gasteiger partial charge on any atom is -0.489 e. The molecule has 0 spiro atoms. The lowest BCUT2D eigenvalue weighted by Crippen LogP contribution is -2.27. The number of alkyl halides is 3. The van der Waals surface area contributed by atoms with Crippen LogP contribution in [0.5, 0.6) is 5.75 Å². The lowest BCUT2D eigenvalue weighted by molar-refractivity contribution is -0.137. The van der Waals surface area contributed by atoms with E-state index in [1.165, 1.54) is 12.1 Å². The van der Waals surface area contributed by atoms with Gasteiger partial charge in [-0.3, -0.25) is 9.69 Å². The number of amides is 1. The highest BCUT2D eigenvalue weighted by molar-refractivity contribution is 8.27. The Labute approximate surface area is 202 Å². The number of carbonyl (C=O) groups excluding carboxylic acids is 1. The monoisotopic (exact) mass is 505 g/mol. The number of carbonyl (C=O) groups is 1. The van der Waals surface area contributed by atoms with Crippen LogP contribution in [0, 0.1) is 0 Å². The zero-order valence-electron chi connectivity index (χ0n) is 16.8. The van der Waals surface area contributed by atoms with E-state index in [9.17, 15) is 18.0 Å². The van der Waals surface area contributed by atoms with Crippen molar-refractivity contribution in [2.75, 3.05) is 4.90 Å². The highest BCUT2D eigenvalue weighted by Gasteiger charge is 2.36. The second kappa shape index (κ2) is 9.59. The van der Waals surface area contributed by atoms with Crippen LogP contribution in [0.15, 0.2) is 77.7 Å². The van der Waals surface area contributed by atoms with E-state index in [1.807, 2.05) is 12.1 Å². The molecule has 4 rings (SSSR count). The fourth-order valence-electron chi connectivity index (χ4n) is 3.10. The fourth-order valence-corrected chi connectivity index (χ4v) is 4.53. The van der Waals surface area contributed by atoms with Crippen LogP contribution in [0.3, 0.4) is 0 Å². The van der Waals surface area contributed by atoms with Crippen molar-refractivity contribution in [2.45, 2.75) is 12.8 Å². The summed E-state index contributed by atoms with van der Waals surface area (Å²) in [6.45, 7) is 0.346. The van der Waals surface area contributed by atoms with Gasteiger partial charge in [0.2, 0.25) is 0 Å². The molecule has 1 amide bonds. The molecule has 1 aliphatic rings. The number of benzene rings is 3. The molecule has 1 heterocycles. The Hall–Kier alpha value is -2.81. The van der Waals surface area contributed by atoms with Crippen molar-refractivity contribution in [2.24, 2.45) is 0 Å². The largest absolute Gasteiger partial charge is 0.489 e. The van der Waals surface area contributed by atoms with Gasteiger partial charge in [-0.1, -0.05) is 65.9 Å². The van der Waals surface area contributed by atoms with Crippen LogP contribution >= 0.6 is 35.6 Å². The zero-order chi connectivity index (χ0) is 23.6. The van der Waals surface area contributed by atoms with Crippen LogP contribution in [0.4, 0.5) is 18.9 Å². The van der Waals surface area contributed by atoms with Gasteiger partial charge in [0.15, 0.2) is 4.32 Å². The Kier molecular flexibility index (Phi) is 6.78. The van der Waals surface area contributed by atoms with Gasteiger partial charge in [-0.15, -0.1) is 0 Å². The maximum atomic E-state index is 13.1. The average molecular weight is 506 g/mol. The van der Waals surface area contributed by atoms with Gasteiger partial charge in [-0.2, -0.15) is 13.2 Å². The normalized spacial score (nSPS) is 15.4. The summed E-state index contributed by atoms with van der Waals surface area (Å²) in [4.78, 5) is 14.4. The van der Waals surface area contributed by atoms with E-state index >= 15 is 0 Å². The van der Waals surface area contributed by atoms with Gasteiger partial charge >= 0.3 is 6.18 Å². The maximum absolute atomic E-state index is 13.1. The number of nitrogens with zero attached hydrogens (tertiary/aromatic N) is 1. The Bertz CT molecular complexity index is 1240. The van der Waals surface area contributed by atoms with Crippen molar-refractivity contribution in [1.29, 1.82) is 0 Å². The van der Waals surface area contributed by atoms with Gasteiger partial charge in [-0.05, 0) is 59.7 Å². The molecule has 0 radical (unpaired) electrons. The molecule has 0 saturated carbocycles. The molecule has 1 aliphatic heterocycles. The standard InChI is InChI=1S/C24H15ClF3NO2S2/c25-18-9-7-15(8-10-18)14-31-20-6-1-3-16(11-20)12-21-22(30)29(23(32)33-21)19-5-2-4-17(13-19)24(26,27)28/h1-13H,14H2. The number of hydrogen-bond donors (Lipinski definition) is 0. The summed E-state index contributed by atoms with van der Waals surface area (Å²) in [5.41, 5.74) is 0.888. The predicted octanol–water partition coefficient (Wildman–Crippen LogP) is 7.34. The molecule has 0 N–H and O–H groups in total. The molecule has 0 unspecified atom stereocenters. The first-order valence-corrected chi connectivity index (χ1v) is 11.2. The summed E-state index contributed by atoms with van der Waals surface area (Å²) in [5, 5.41) is 0.642. The third kappa shape index (κ3) is 5.58. The van der Waals surface area contributed by atoms with Crippen LogP contribution in [-0.2, 0) is 17.6 Å². The van der Waals surface area contributed by atoms with Crippen LogP contribution in [0.1, 0.15) is 16.7 Å². The first kappa shape index (κ1) is 23.4. The quantitative estimate of drug-likeness (QED) is 0.268. The molecule has 0 atom stereocenters. The molecule has 3 aromatic carbocycles. The third-order valence-corrected chi connectivity index (χ3v) is 6.25. The first-order chi connectivity index (χ1) is 15.7. The van der Waals surface area contributed by atoms with Crippen molar-refractivity contribution in [3.8, 4) is 5.75 Å². The Morgan fingerprint density at radius 3 is 2.48 bits per heavy atom. The topological polar surface area (TPSA) is 29.5 Å². The first-order valence-electron chi connectivity index (χ1n) is 9.63. The summed E-state index contributed by atoms with van der Waals surface area (Å²) in [5.74, 6) is 0.129. The summed E-state index contributed by atoms with van der Waals surface area (Å²) in [7, 11) is 0. The SMILES string of the molecule is O=C1C(=Cc2cccc(OCc3ccc(Cl)cc3)c2)SC(=S)N1c1cccc(C(F)(F)F)c1. The van der Waals surface area contributed by atoms with Crippen molar-refractivity contribution >= 4 is 57.6 Å². The Balaban J connectivity index is 1.52. The lowest BCUT2D eigenvalue weighted by Gasteiger charge is -2.16. The van der Waals surface area contributed by atoms with Crippen molar-refractivity contribution < 1.29 is 22.7 Å². The average Bonchev–Trinajstić information content (AvgIpc) is 3.06. The number of rotatable bonds is 5. The molecule has 1 saturated heterocycles. The van der Waals surface area contributed by atoms with Gasteiger partial charge in [0.25, 0.3) is 5.91 Å². The molecular formula is C24H15ClF3NO2S2. The third-order valence-electron chi connectivity index (χ3n) is 4.70. The zero-order valence-corrected chi connectivity index (χ0v) is 19.2. The smallest absolute Gasteiger partial charge is 0.416 e. The summed E-state index contributed by atoms with van der Waals surface area (Å²) < 4.78 is 45.2. The molecule has 3 nitrogen and oxygen atoms in total. The van der Waals surface area contributed by atoms with Gasteiger partial charge in [0.05, 0.1) is 16.2 Å². The number of ether oxygens (including phenoxy) is 1. The number of hydrogen-bond acceptors (Lipinski definition) is 4. The van der Waals surface area contributed by atoms with E-state index in [2.05, 4.69) is 0 Å². The molecule has 9 heteroatoms. The minimum atomic E-state index is -4.52. The highest BCUT2D eigenvalue weighted by Crippen LogP contribution is 2.38. The molecule has 168 valence electrons. The summed E-state index contributed by atoms with van der Waals surface area (Å²) >= 11 is 12.2. The second-order valence-corrected chi connectivity index (χ2v) is 9.17. The van der Waals surface area contributed by atoms with Crippen LogP contribution in [0.2, 0.25) is 5.02 Å². The van der Waals surface area contributed by atoms with Crippen molar-refractivity contribution in [3.63, 3.8) is 0 Å². The van der Waals surface area contributed by atoms with Gasteiger partial charge in [0.1, 0.15) is 12.4 Å². The van der Waals surface area contributed by atoms with Gasteiger partial charge in [-0.25, -0.2) is 0 Å². The number of thioether (sulfide) groups is 1. The van der Waals surface area contributed by atoms with Crippen LogP contribution in [-0.4, -0.2) is 10.2 Å².